The molecule has 8 rings (SSSR count). The largest absolute Gasteiger partial charge is 0.385 e. The Balaban J connectivity index is 0.930. The number of imide groups is 2. The van der Waals surface area contributed by atoms with E-state index < -0.39 is 23.8 Å². The molecule has 2 saturated carbocycles. The molecule has 1 aromatic carbocycles. The van der Waals surface area contributed by atoms with Crippen molar-refractivity contribution in [1.29, 1.82) is 0 Å². The number of carbonyl (C=O) groups is 4. The van der Waals surface area contributed by atoms with Crippen molar-refractivity contribution in [1.82, 2.24) is 29.5 Å². The van der Waals surface area contributed by atoms with Gasteiger partial charge < -0.3 is 9.88 Å². The highest BCUT2D eigenvalue weighted by atomic mass is 16.2. The van der Waals surface area contributed by atoms with Gasteiger partial charge in [0.05, 0.1) is 34.1 Å². The van der Waals surface area contributed by atoms with Crippen molar-refractivity contribution in [2.45, 2.75) is 76.4 Å². The molecule has 1 unspecified atom stereocenters. The molecule has 11 heteroatoms. The van der Waals surface area contributed by atoms with Gasteiger partial charge in [-0.2, -0.15) is 5.10 Å². The van der Waals surface area contributed by atoms with Crippen LogP contribution in [0.2, 0.25) is 0 Å². The third-order valence-corrected chi connectivity index (χ3v) is 9.78. The molecule has 5 heterocycles. The monoisotopic (exact) mass is 605 g/mol. The molecule has 1 atom stereocenters. The van der Waals surface area contributed by atoms with Crippen LogP contribution in [0.25, 0.3) is 22.2 Å². The molecule has 2 N–H and O–H groups in total. The molecule has 3 fully saturated rings. The van der Waals surface area contributed by atoms with Crippen molar-refractivity contribution >= 4 is 40.2 Å². The molecule has 45 heavy (non-hydrogen) atoms. The normalized spacial score (nSPS) is 23.1. The zero-order valence-electron chi connectivity index (χ0n) is 25.3. The van der Waals surface area contributed by atoms with Crippen LogP contribution in [0, 0.1) is 5.92 Å². The SMILES string of the molecule is CC(C)n1ccc2cnc(-c3cn(C4CC(CNc5ccc6c(c5)C(=O)N(C5CCC(=O)NC5=O)C6=O)C4)nc3C3CC3)cc21. The Bertz CT molecular complexity index is 1900. The van der Waals surface area contributed by atoms with Crippen LogP contribution in [-0.2, 0) is 9.59 Å². The second-order valence-corrected chi connectivity index (χ2v) is 13.2. The number of nitrogens with one attached hydrogen (secondary N) is 2. The minimum Gasteiger partial charge on any atom is -0.385 e. The number of hydrogen-bond acceptors (Lipinski definition) is 7. The quantitative estimate of drug-likeness (QED) is 0.275. The van der Waals surface area contributed by atoms with E-state index in [9.17, 15) is 19.2 Å². The summed E-state index contributed by atoms with van der Waals surface area (Å²) in [6.45, 7) is 5.12. The number of nitrogens with zero attached hydrogens (tertiary/aromatic N) is 5. The van der Waals surface area contributed by atoms with Gasteiger partial charge in [0.1, 0.15) is 6.04 Å². The predicted molar refractivity (Wildman–Crippen MR) is 167 cm³/mol. The van der Waals surface area contributed by atoms with E-state index in [4.69, 9.17) is 10.1 Å². The molecule has 0 radical (unpaired) electrons. The highest BCUT2D eigenvalue weighted by Gasteiger charge is 2.44. The second-order valence-electron chi connectivity index (χ2n) is 13.2. The minimum absolute atomic E-state index is 0.0976. The maximum Gasteiger partial charge on any atom is 0.262 e. The van der Waals surface area contributed by atoms with Crippen molar-refractivity contribution < 1.29 is 19.2 Å². The van der Waals surface area contributed by atoms with Gasteiger partial charge >= 0.3 is 0 Å². The number of rotatable bonds is 8. The average molecular weight is 606 g/mol. The maximum atomic E-state index is 13.2. The van der Waals surface area contributed by atoms with Gasteiger partial charge in [0, 0.05) is 60.2 Å². The number of anilines is 1. The lowest BCUT2D eigenvalue weighted by Crippen LogP contribution is -2.54. The van der Waals surface area contributed by atoms with E-state index in [0.29, 0.717) is 23.9 Å². The first-order valence-electron chi connectivity index (χ1n) is 15.9. The third-order valence-electron chi connectivity index (χ3n) is 9.78. The van der Waals surface area contributed by atoms with Crippen molar-refractivity contribution in [3.63, 3.8) is 0 Å². The molecule has 2 aliphatic heterocycles. The van der Waals surface area contributed by atoms with Crippen LogP contribution < -0.4 is 10.6 Å². The number of fused-ring (bicyclic) bond motifs is 2. The summed E-state index contributed by atoms with van der Waals surface area (Å²) in [4.78, 5) is 55.9. The van der Waals surface area contributed by atoms with Crippen LogP contribution in [0.5, 0.6) is 0 Å². The van der Waals surface area contributed by atoms with Crippen LogP contribution in [0.3, 0.4) is 0 Å². The standard InChI is InChI=1S/C34H35N7O4/c1-18(2)39-10-9-21-16-36-27(14-29(21)39)26-17-40(38-31(26)20-3-4-20)23-11-19(12-23)15-35-22-5-6-24-25(13-22)34(45)41(33(24)44)28-7-8-30(42)37-32(28)43/h5-6,9-10,13-14,16-20,23,28,35H,3-4,7-8,11-12,15H2,1-2H3,(H,37,42,43). The van der Waals surface area contributed by atoms with Crippen LogP contribution >= 0.6 is 0 Å². The number of aromatic nitrogens is 4. The molecule has 0 spiro atoms. The molecule has 4 aromatic rings. The predicted octanol–water partition coefficient (Wildman–Crippen LogP) is 4.82. The summed E-state index contributed by atoms with van der Waals surface area (Å²) in [6.07, 6.45) is 10.9. The number of pyridine rings is 1. The number of benzene rings is 1. The van der Waals surface area contributed by atoms with Gasteiger partial charge in [0.15, 0.2) is 0 Å². The lowest BCUT2D eigenvalue weighted by molar-refractivity contribution is -0.136. The first-order chi connectivity index (χ1) is 21.7. The van der Waals surface area contributed by atoms with Gasteiger partial charge in [0.25, 0.3) is 11.8 Å². The Hall–Kier alpha value is -4.80. The number of carbonyl (C=O) groups excluding carboxylic acids is 4. The maximum absolute atomic E-state index is 13.2. The fourth-order valence-electron chi connectivity index (χ4n) is 7.02. The van der Waals surface area contributed by atoms with Gasteiger partial charge in [0.2, 0.25) is 11.8 Å². The van der Waals surface area contributed by atoms with E-state index in [2.05, 4.69) is 58.3 Å². The number of hydrogen-bond donors (Lipinski definition) is 2. The molecule has 2 aliphatic carbocycles. The van der Waals surface area contributed by atoms with E-state index in [1.807, 2.05) is 6.20 Å². The van der Waals surface area contributed by atoms with Crippen LogP contribution in [0.15, 0.2) is 48.9 Å². The van der Waals surface area contributed by atoms with Gasteiger partial charge in [-0.05, 0) is 82.2 Å². The van der Waals surface area contributed by atoms with E-state index in [0.717, 1.165) is 52.3 Å². The van der Waals surface area contributed by atoms with Crippen LogP contribution in [0.1, 0.15) is 96.8 Å². The molecular formula is C34H35N7O4. The summed E-state index contributed by atoms with van der Waals surface area (Å²) < 4.78 is 4.44. The van der Waals surface area contributed by atoms with E-state index in [-0.39, 0.29) is 29.9 Å². The van der Waals surface area contributed by atoms with Gasteiger partial charge in [-0.1, -0.05) is 0 Å². The molecule has 11 nitrogen and oxygen atoms in total. The van der Waals surface area contributed by atoms with Gasteiger partial charge in [-0.3, -0.25) is 39.1 Å². The number of piperidine rings is 1. The Kier molecular flexibility index (Phi) is 6.40. The Morgan fingerprint density at radius 1 is 0.978 bits per heavy atom. The molecule has 230 valence electrons. The Labute approximate surface area is 260 Å². The van der Waals surface area contributed by atoms with Gasteiger partial charge in [-0.15, -0.1) is 0 Å². The third kappa shape index (κ3) is 4.72. The Morgan fingerprint density at radius 3 is 2.53 bits per heavy atom. The van der Waals surface area contributed by atoms with Crippen LogP contribution in [-0.4, -0.2) is 60.4 Å². The molecule has 1 saturated heterocycles. The summed E-state index contributed by atoms with van der Waals surface area (Å²) in [5, 5.41) is 11.9. The summed E-state index contributed by atoms with van der Waals surface area (Å²) in [5.41, 5.74) is 5.80. The zero-order chi connectivity index (χ0) is 31.0. The molecule has 4 amide bonds. The summed E-state index contributed by atoms with van der Waals surface area (Å²) >= 11 is 0. The van der Waals surface area contributed by atoms with Gasteiger partial charge in [-0.25, -0.2) is 0 Å². The lowest BCUT2D eigenvalue weighted by Gasteiger charge is -2.35. The summed E-state index contributed by atoms with van der Waals surface area (Å²) in [7, 11) is 0. The minimum atomic E-state index is -0.966. The molecule has 3 aromatic heterocycles. The molecule has 0 bridgehead atoms. The fraction of sp³-hybridized carbons (Fsp3) is 0.412. The zero-order valence-corrected chi connectivity index (χ0v) is 25.3. The summed E-state index contributed by atoms with van der Waals surface area (Å²) in [5.74, 6) is -1.03. The highest BCUT2D eigenvalue weighted by molar-refractivity contribution is 6.23. The van der Waals surface area contributed by atoms with Crippen molar-refractivity contribution in [2.24, 2.45) is 5.92 Å². The topological polar surface area (TPSA) is 131 Å². The van der Waals surface area contributed by atoms with Crippen molar-refractivity contribution in [3.8, 4) is 11.3 Å². The van der Waals surface area contributed by atoms with Crippen molar-refractivity contribution in [2.75, 3.05) is 11.9 Å². The number of amides is 4. The second kappa shape index (κ2) is 10.4. The first-order valence-corrected chi connectivity index (χ1v) is 15.9. The highest BCUT2D eigenvalue weighted by Crippen LogP contribution is 2.46. The molecule has 4 aliphatic rings. The first kappa shape index (κ1) is 27.7. The fourth-order valence-corrected chi connectivity index (χ4v) is 7.02. The van der Waals surface area contributed by atoms with Crippen molar-refractivity contribution in [3.05, 3.63) is 65.7 Å². The van der Waals surface area contributed by atoms with E-state index in [1.54, 1.807) is 18.2 Å². The lowest BCUT2D eigenvalue weighted by atomic mass is 9.80. The molecular weight excluding hydrogens is 570 g/mol. The van der Waals surface area contributed by atoms with E-state index >= 15 is 0 Å². The Morgan fingerprint density at radius 2 is 1.78 bits per heavy atom. The van der Waals surface area contributed by atoms with E-state index in [1.165, 1.54) is 18.4 Å². The van der Waals surface area contributed by atoms with Crippen LogP contribution in [0.4, 0.5) is 5.69 Å². The summed E-state index contributed by atoms with van der Waals surface area (Å²) in [6, 6.07) is 9.19. The average Bonchev–Trinajstić information content (AvgIpc) is 3.52. The smallest absolute Gasteiger partial charge is 0.262 e.